The highest BCUT2D eigenvalue weighted by molar-refractivity contribution is 6.37. The lowest BCUT2D eigenvalue weighted by Crippen LogP contribution is -2.30. The van der Waals surface area contributed by atoms with E-state index in [9.17, 15) is 24.0 Å². The van der Waals surface area contributed by atoms with Crippen LogP contribution >= 0.6 is 0 Å². The SMILES string of the molecule is O=C1c2cc3c(cc2C(=O)C1c1nc2ccc(OCc4ccccc4)cc2c(=O)[nH]1)C(=O)N(c1ccccc1C1CCCC1)C3=O. The smallest absolute Gasteiger partial charge is 0.266 e. The molecule has 4 aromatic carbocycles. The highest BCUT2D eigenvalue weighted by Gasteiger charge is 2.46. The first-order valence-electron chi connectivity index (χ1n) is 15.3. The highest BCUT2D eigenvalue weighted by atomic mass is 16.5. The maximum atomic E-state index is 13.7. The van der Waals surface area contributed by atoms with Crippen LogP contribution in [0.15, 0.2) is 89.7 Å². The summed E-state index contributed by atoms with van der Waals surface area (Å²) < 4.78 is 5.84. The molecule has 1 saturated carbocycles. The second-order valence-corrected chi connectivity index (χ2v) is 12.0. The largest absolute Gasteiger partial charge is 0.489 e. The fourth-order valence-electron chi connectivity index (χ4n) is 6.97. The van der Waals surface area contributed by atoms with Crippen LogP contribution in [-0.4, -0.2) is 33.3 Å². The van der Waals surface area contributed by atoms with Crippen molar-refractivity contribution >= 4 is 40.0 Å². The van der Waals surface area contributed by atoms with E-state index in [0.717, 1.165) is 36.8 Å². The molecular formula is C37H27N3O6. The maximum Gasteiger partial charge on any atom is 0.266 e. The van der Waals surface area contributed by atoms with E-state index in [-0.39, 0.29) is 39.4 Å². The highest BCUT2D eigenvalue weighted by Crippen LogP contribution is 2.42. The van der Waals surface area contributed by atoms with Gasteiger partial charge in [-0.05, 0) is 66.3 Å². The van der Waals surface area contributed by atoms with E-state index in [4.69, 9.17) is 4.74 Å². The Morgan fingerprint density at radius 2 is 1.39 bits per heavy atom. The van der Waals surface area contributed by atoms with Crippen molar-refractivity contribution in [2.75, 3.05) is 4.90 Å². The Kier molecular flexibility index (Phi) is 6.49. The van der Waals surface area contributed by atoms with Crippen molar-refractivity contribution in [1.29, 1.82) is 0 Å². The van der Waals surface area contributed by atoms with E-state index in [2.05, 4.69) is 9.97 Å². The molecule has 226 valence electrons. The monoisotopic (exact) mass is 609 g/mol. The minimum Gasteiger partial charge on any atom is -0.489 e. The number of aromatic nitrogens is 2. The first-order chi connectivity index (χ1) is 22.4. The fraction of sp³-hybridized carbons (Fsp3) is 0.189. The summed E-state index contributed by atoms with van der Waals surface area (Å²) in [5, 5.41) is 0.248. The van der Waals surface area contributed by atoms with Gasteiger partial charge in [-0.1, -0.05) is 61.4 Å². The summed E-state index contributed by atoms with van der Waals surface area (Å²) in [6.45, 7) is 0.318. The molecule has 5 aromatic rings. The molecule has 2 heterocycles. The van der Waals surface area contributed by atoms with Crippen LogP contribution in [0.4, 0.5) is 5.69 Å². The number of hydrogen-bond donors (Lipinski definition) is 1. The van der Waals surface area contributed by atoms with Crippen LogP contribution in [0.1, 0.15) is 95.9 Å². The van der Waals surface area contributed by atoms with Gasteiger partial charge in [-0.15, -0.1) is 0 Å². The van der Waals surface area contributed by atoms with E-state index in [1.807, 2.05) is 42.5 Å². The average Bonchev–Trinajstić information content (AvgIpc) is 3.76. The number of carbonyl (C=O) groups is 4. The first-order valence-corrected chi connectivity index (χ1v) is 15.3. The van der Waals surface area contributed by atoms with Gasteiger partial charge < -0.3 is 9.72 Å². The van der Waals surface area contributed by atoms with Crippen LogP contribution in [0.3, 0.4) is 0 Å². The molecule has 0 spiro atoms. The number of ketones is 2. The van der Waals surface area contributed by atoms with Crippen molar-refractivity contribution in [2.45, 2.75) is 44.1 Å². The normalized spacial score (nSPS) is 16.5. The Balaban J connectivity index is 1.09. The Morgan fingerprint density at radius 1 is 0.739 bits per heavy atom. The Morgan fingerprint density at radius 3 is 2.09 bits per heavy atom. The molecule has 3 aliphatic rings. The number of ether oxygens (including phenoxy) is 1. The van der Waals surface area contributed by atoms with Crippen molar-refractivity contribution in [3.05, 3.63) is 134 Å². The Bertz CT molecular complexity index is 2130. The van der Waals surface area contributed by atoms with Crippen LogP contribution in [0.2, 0.25) is 0 Å². The van der Waals surface area contributed by atoms with Gasteiger partial charge in [-0.2, -0.15) is 0 Å². The minimum absolute atomic E-state index is 0.0354. The molecule has 0 unspecified atom stereocenters. The fourth-order valence-corrected chi connectivity index (χ4v) is 6.97. The predicted octanol–water partition coefficient (Wildman–Crippen LogP) is 6.12. The maximum absolute atomic E-state index is 13.7. The third-order valence-electron chi connectivity index (χ3n) is 9.27. The number of carbonyl (C=O) groups excluding carboxylic acids is 4. The van der Waals surface area contributed by atoms with E-state index < -0.39 is 34.9 Å². The van der Waals surface area contributed by atoms with Gasteiger partial charge in [0, 0.05) is 11.1 Å². The van der Waals surface area contributed by atoms with Crippen LogP contribution in [0.25, 0.3) is 10.9 Å². The Labute approximate surface area is 262 Å². The zero-order chi connectivity index (χ0) is 31.5. The number of amides is 2. The molecule has 0 saturated heterocycles. The van der Waals surface area contributed by atoms with Gasteiger partial charge in [-0.25, -0.2) is 9.88 Å². The molecule has 1 aromatic heterocycles. The summed E-state index contributed by atoms with van der Waals surface area (Å²) in [6, 6.07) is 24.6. The number of hydrogen-bond acceptors (Lipinski definition) is 7. The molecule has 9 heteroatoms. The topological polar surface area (TPSA) is 126 Å². The van der Waals surface area contributed by atoms with E-state index >= 15 is 0 Å². The lowest BCUT2D eigenvalue weighted by Gasteiger charge is -2.21. The molecular weight excluding hydrogens is 582 g/mol. The summed E-state index contributed by atoms with van der Waals surface area (Å²) in [7, 11) is 0. The standard InChI is InChI=1S/C37H27N3O6/c41-32-24-17-26-27(37(45)40(36(26)44)30-13-7-6-12-23(30)21-10-4-5-11-21)18-25(24)33(42)31(32)34-38-29-15-14-22(16-28(29)35(43)39-34)46-19-20-8-2-1-3-9-20/h1-3,6-9,12-18,21,31H,4-5,10-11,19H2,(H,38,39,43). The van der Waals surface area contributed by atoms with Crippen molar-refractivity contribution in [2.24, 2.45) is 0 Å². The van der Waals surface area contributed by atoms with Gasteiger partial charge >= 0.3 is 0 Å². The van der Waals surface area contributed by atoms with Crippen LogP contribution in [0, 0.1) is 0 Å². The number of Topliss-reactive ketones (excluding diaryl/α,β-unsaturated/α-hetero) is 2. The molecule has 1 N–H and O–H groups in total. The molecule has 2 aliphatic carbocycles. The third kappa shape index (κ3) is 4.38. The molecule has 0 atom stereocenters. The minimum atomic E-state index is -1.40. The van der Waals surface area contributed by atoms with E-state index in [0.29, 0.717) is 23.6 Å². The number of nitrogens with one attached hydrogen (secondary N) is 1. The van der Waals surface area contributed by atoms with E-state index in [1.54, 1.807) is 30.3 Å². The zero-order valence-corrected chi connectivity index (χ0v) is 24.6. The molecule has 8 rings (SSSR count). The van der Waals surface area contributed by atoms with Crippen molar-refractivity contribution in [1.82, 2.24) is 9.97 Å². The molecule has 0 bridgehead atoms. The summed E-state index contributed by atoms with van der Waals surface area (Å²) in [6.07, 6.45) is 4.18. The van der Waals surface area contributed by atoms with Crippen molar-refractivity contribution in [3.8, 4) is 5.75 Å². The van der Waals surface area contributed by atoms with Gasteiger partial charge in [0.05, 0.1) is 27.7 Å². The number of fused-ring (bicyclic) bond motifs is 3. The lowest BCUT2D eigenvalue weighted by atomic mass is 9.95. The Hall–Kier alpha value is -5.70. The number of benzene rings is 4. The molecule has 1 fully saturated rings. The number of anilines is 1. The van der Waals surface area contributed by atoms with Crippen LogP contribution in [-0.2, 0) is 6.61 Å². The van der Waals surface area contributed by atoms with Gasteiger partial charge in [-0.3, -0.25) is 24.0 Å². The van der Waals surface area contributed by atoms with Crippen molar-refractivity contribution < 1.29 is 23.9 Å². The lowest BCUT2D eigenvalue weighted by molar-refractivity contribution is 0.0882. The third-order valence-corrected chi connectivity index (χ3v) is 9.27. The molecule has 1 aliphatic heterocycles. The zero-order valence-electron chi connectivity index (χ0n) is 24.6. The van der Waals surface area contributed by atoms with E-state index in [1.165, 1.54) is 17.0 Å². The quantitative estimate of drug-likeness (QED) is 0.181. The van der Waals surface area contributed by atoms with Crippen molar-refractivity contribution in [3.63, 3.8) is 0 Å². The number of rotatable bonds is 6. The second-order valence-electron chi connectivity index (χ2n) is 12.0. The van der Waals surface area contributed by atoms with Gasteiger partial charge in [0.2, 0.25) is 0 Å². The summed E-state index contributed by atoms with van der Waals surface area (Å²) in [5.74, 6) is -2.98. The average molecular weight is 610 g/mol. The van der Waals surface area contributed by atoms with Gasteiger partial charge in [0.1, 0.15) is 24.1 Å². The summed E-state index contributed by atoms with van der Waals surface area (Å²) in [5.41, 5.74) is 2.47. The summed E-state index contributed by atoms with van der Waals surface area (Å²) >= 11 is 0. The molecule has 2 amide bonds. The number of nitrogens with zero attached hydrogens (tertiary/aromatic N) is 2. The van der Waals surface area contributed by atoms with Crippen LogP contribution < -0.4 is 15.2 Å². The molecule has 0 radical (unpaired) electrons. The predicted molar refractivity (Wildman–Crippen MR) is 170 cm³/mol. The van der Waals surface area contributed by atoms with Gasteiger partial charge in [0.15, 0.2) is 11.6 Å². The van der Waals surface area contributed by atoms with Gasteiger partial charge in [0.25, 0.3) is 17.4 Å². The summed E-state index contributed by atoms with van der Waals surface area (Å²) in [4.78, 5) is 76.2. The number of aromatic amines is 1. The number of imide groups is 1. The second kappa shape index (κ2) is 10.7. The number of para-hydroxylation sites is 1. The van der Waals surface area contributed by atoms with Crippen LogP contribution in [0.5, 0.6) is 5.75 Å². The number of H-pyrrole nitrogens is 1. The molecule has 46 heavy (non-hydrogen) atoms. The first kappa shape index (κ1) is 27.8. The molecule has 9 nitrogen and oxygen atoms in total.